The van der Waals surface area contributed by atoms with Crippen LogP contribution in [0.2, 0.25) is 0 Å². The maximum absolute atomic E-state index is 13.1. The molecule has 0 radical (unpaired) electrons. The maximum Gasteiger partial charge on any atom is 0.231 e. The monoisotopic (exact) mass is 335 g/mol. The molecule has 4 atom stereocenters. The zero-order valence-corrected chi connectivity index (χ0v) is 15.1. The largest absolute Gasteiger partial charge is 0.361 e. The van der Waals surface area contributed by atoms with E-state index in [1.165, 1.54) is 27.6 Å². The van der Waals surface area contributed by atoms with Gasteiger partial charge in [-0.25, -0.2) is 0 Å². The number of carbonyl (C=O) groups excluding carboxylic acids is 1. The Labute approximate surface area is 148 Å². The van der Waals surface area contributed by atoms with Gasteiger partial charge in [-0.05, 0) is 56.5 Å². The molecule has 0 spiro atoms. The molecule has 1 aromatic carbocycles. The number of rotatable bonds is 1. The van der Waals surface area contributed by atoms with Crippen LogP contribution in [0.1, 0.15) is 31.4 Å². The van der Waals surface area contributed by atoms with Crippen molar-refractivity contribution >= 4 is 22.4 Å². The SMILES string of the molecule is C[C@@H]1C[C@@H](C)N1C(=O)C1C=C2c3cccc4[nH]cc(c34)C[C@H]2N(C)C1. The van der Waals surface area contributed by atoms with Gasteiger partial charge in [-0.3, -0.25) is 9.69 Å². The van der Waals surface area contributed by atoms with Crippen molar-refractivity contribution in [3.63, 3.8) is 0 Å². The number of hydrogen-bond acceptors (Lipinski definition) is 2. The summed E-state index contributed by atoms with van der Waals surface area (Å²) in [6.45, 7) is 5.14. The van der Waals surface area contributed by atoms with E-state index in [0.29, 0.717) is 24.0 Å². The van der Waals surface area contributed by atoms with Gasteiger partial charge in [0.15, 0.2) is 0 Å². The normalized spacial score (nSPS) is 31.5. The first-order valence-electron chi connectivity index (χ1n) is 9.38. The number of benzene rings is 1. The molecule has 3 aliphatic rings. The van der Waals surface area contributed by atoms with Gasteiger partial charge in [0.2, 0.25) is 5.91 Å². The van der Waals surface area contributed by atoms with Gasteiger partial charge < -0.3 is 9.88 Å². The van der Waals surface area contributed by atoms with Crippen molar-refractivity contribution in [1.82, 2.24) is 14.8 Å². The lowest BCUT2D eigenvalue weighted by Gasteiger charge is -2.48. The molecule has 1 aromatic heterocycles. The number of nitrogens with zero attached hydrogens (tertiary/aromatic N) is 2. The number of likely N-dealkylation sites (tertiary alicyclic amines) is 1. The van der Waals surface area contributed by atoms with E-state index in [1.54, 1.807) is 0 Å². The first-order chi connectivity index (χ1) is 12.0. The summed E-state index contributed by atoms with van der Waals surface area (Å²) >= 11 is 0. The molecule has 0 bridgehead atoms. The lowest BCUT2D eigenvalue weighted by Crippen LogP contribution is -2.59. The van der Waals surface area contributed by atoms with E-state index < -0.39 is 0 Å². The minimum atomic E-state index is -0.0304. The quantitative estimate of drug-likeness (QED) is 0.870. The summed E-state index contributed by atoms with van der Waals surface area (Å²) in [5.74, 6) is 0.272. The smallest absolute Gasteiger partial charge is 0.231 e. The number of hydrogen-bond donors (Lipinski definition) is 1. The number of fused-ring (bicyclic) bond motifs is 2. The number of likely N-dealkylation sites (N-methyl/N-ethyl adjacent to an activating group) is 1. The van der Waals surface area contributed by atoms with Crippen molar-refractivity contribution in [3.05, 3.63) is 41.6 Å². The van der Waals surface area contributed by atoms with Crippen LogP contribution in [0, 0.1) is 5.92 Å². The molecule has 1 amide bonds. The predicted molar refractivity (Wildman–Crippen MR) is 100 cm³/mol. The van der Waals surface area contributed by atoms with Gasteiger partial charge >= 0.3 is 0 Å². The Bertz CT molecular complexity index is 888. The van der Waals surface area contributed by atoms with Gasteiger partial charge in [0, 0.05) is 41.8 Å². The van der Waals surface area contributed by atoms with Crippen LogP contribution in [0.4, 0.5) is 0 Å². The van der Waals surface area contributed by atoms with E-state index in [9.17, 15) is 4.79 Å². The standard InChI is InChI=1S/C21H25N3O/c1-12-7-13(2)24(12)21(25)15-8-17-16-5-4-6-18-20(16)14(10-22-18)9-19(17)23(3)11-15/h4-6,8,10,12-13,15,19,22H,7,9,11H2,1-3H3/t12-,13-,15?,19-/m1/s1. The Balaban J connectivity index is 1.58. The summed E-state index contributed by atoms with van der Waals surface area (Å²) in [6.07, 6.45) is 6.57. The van der Waals surface area contributed by atoms with Crippen LogP contribution in [-0.2, 0) is 11.2 Å². The van der Waals surface area contributed by atoms with Crippen LogP contribution < -0.4 is 0 Å². The number of carbonyl (C=O) groups is 1. The second-order valence-corrected chi connectivity index (χ2v) is 8.11. The third-order valence-electron chi connectivity index (χ3n) is 6.47. The molecule has 4 heteroatoms. The van der Waals surface area contributed by atoms with E-state index in [-0.39, 0.29) is 5.92 Å². The van der Waals surface area contributed by atoms with Gasteiger partial charge in [-0.1, -0.05) is 18.2 Å². The van der Waals surface area contributed by atoms with Crippen molar-refractivity contribution in [2.75, 3.05) is 13.6 Å². The summed E-state index contributed by atoms with van der Waals surface area (Å²) in [7, 11) is 2.17. The van der Waals surface area contributed by atoms with Crippen molar-refractivity contribution in [2.45, 2.75) is 44.8 Å². The van der Waals surface area contributed by atoms with E-state index in [2.05, 4.69) is 66.2 Å². The highest BCUT2D eigenvalue weighted by atomic mass is 16.2. The molecule has 2 aromatic rings. The van der Waals surface area contributed by atoms with Crippen LogP contribution in [0.5, 0.6) is 0 Å². The molecule has 1 aliphatic carbocycles. The van der Waals surface area contributed by atoms with Gasteiger partial charge in [0.25, 0.3) is 0 Å². The third kappa shape index (κ3) is 2.07. The molecule has 1 unspecified atom stereocenters. The van der Waals surface area contributed by atoms with Crippen molar-refractivity contribution in [3.8, 4) is 0 Å². The highest BCUT2D eigenvalue weighted by molar-refractivity contribution is 5.99. The molecule has 25 heavy (non-hydrogen) atoms. The van der Waals surface area contributed by atoms with Crippen LogP contribution in [0.25, 0.3) is 16.5 Å². The predicted octanol–water partition coefficient (Wildman–Crippen LogP) is 3.05. The summed E-state index contributed by atoms with van der Waals surface area (Å²) in [4.78, 5) is 21.0. The van der Waals surface area contributed by atoms with Crippen LogP contribution in [-0.4, -0.2) is 52.4 Å². The molecule has 4 nitrogen and oxygen atoms in total. The molecule has 5 rings (SSSR count). The van der Waals surface area contributed by atoms with Crippen LogP contribution in [0.15, 0.2) is 30.5 Å². The second kappa shape index (κ2) is 5.21. The number of amides is 1. The Morgan fingerprint density at radius 3 is 2.80 bits per heavy atom. The number of aromatic amines is 1. The fourth-order valence-corrected chi connectivity index (χ4v) is 5.25. The Kier molecular flexibility index (Phi) is 3.17. The summed E-state index contributed by atoms with van der Waals surface area (Å²) in [5.41, 5.74) is 5.24. The van der Waals surface area contributed by atoms with E-state index >= 15 is 0 Å². The van der Waals surface area contributed by atoms with Gasteiger partial charge in [0.1, 0.15) is 0 Å². The van der Waals surface area contributed by atoms with E-state index in [1.807, 2.05) is 0 Å². The molecular formula is C21H25N3O. The molecular weight excluding hydrogens is 310 g/mol. The van der Waals surface area contributed by atoms with E-state index in [0.717, 1.165) is 19.4 Å². The first kappa shape index (κ1) is 15.2. The molecule has 1 fully saturated rings. The van der Waals surface area contributed by atoms with Crippen LogP contribution >= 0.6 is 0 Å². The van der Waals surface area contributed by atoms with Gasteiger partial charge in [-0.15, -0.1) is 0 Å². The highest BCUT2D eigenvalue weighted by Crippen LogP contribution is 2.41. The zero-order chi connectivity index (χ0) is 17.3. The summed E-state index contributed by atoms with van der Waals surface area (Å²) in [5, 5.41) is 1.34. The second-order valence-electron chi connectivity index (χ2n) is 8.11. The topological polar surface area (TPSA) is 39.3 Å². The summed E-state index contributed by atoms with van der Waals surface area (Å²) < 4.78 is 0. The average molecular weight is 335 g/mol. The van der Waals surface area contributed by atoms with Crippen molar-refractivity contribution in [1.29, 1.82) is 0 Å². The fraction of sp³-hybridized carbons (Fsp3) is 0.476. The van der Waals surface area contributed by atoms with Crippen LogP contribution in [0.3, 0.4) is 0 Å². The maximum atomic E-state index is 13.1. The molecule has 1 N–H and O–H groups in total. The molecule has 1 saturated heterocycles. The zero-order valence-electron chi connectivity index (χ0n) is 15.1. The molecule has 130 valence electrons. The van der Waals surface area contributed by atoms with Gasteiger partial charge in [-0.2, -0.15) is 0 Å². The number of nitrogens with one attached hydrogen (secondary N) is 1. The molecule has 3 heterocycles. The lowest BCUT2D eigenvalue weighted by molar-refractivity contribution is -0.146. The van der Waals surface area contributed by atoms with Crippen molar-refractivity contribution in [2.24, 2.45) is 5.92 Å². The minimum absolute atomic E-state index is 0.0304. The fourth-order valence-electron chi connectivity index (χ4n) is 5.25. The Hall–Kier alpha value is -2.07. The summed E-state index contributed by atoms with van der Waals surface area (Å²) in [6, 6.07) is 7.62. The van der Waals surface area contributed by atoms with E-state index in [4.69, 9.17) is 0 Å². The average Bonchev–Trinajstić information content (AvgIpc) is 3.00. The number of aromatic nitrogens is 1. The van der Waals surface area contributed by atoms with Crippen molar-refractivity contribution < 1.29 is 4.79 Å². The van der Waals surface area contributed by atoms with Gasteiger partial charge in [0.05, 0.1) is 5.92 Å². The third-order valence-corrected chi connectivity index (χ3v) is 6.47. The number of H-pyrrole nitrogens is 1. The Morgan fingerprint density at radius 2 is 2.04 bits per heavy atom. The minimum Gasteiger partial charge on any atom is -0.361 e. The molecule has 0 saturated carbocycles. The molecule has 2 aliphatic heterocycles. The lowest BCUT2D eigenvalue weighted by atomic mass is 9.79. The first-order valence-corrected chi connectivity index (χ1v) is 9.38. The Morgan fingerprint density at radius 1 is 1.24 bits per heavy atom. The highest BCUT2D eigenvalue weighted by Gasteiger charge is 2.41.